The first kappa shape index (κ1) is 18.9. The Labute approximate surface area is 151 Å². The van der Waals surface area contributed by atoms with Crippen LogP contribution in [-0.4, -0.2) is 30.4 Å². The van der Waals surface area contributed by atoms with Gasteiger partial charge in [0.1, 0.15) is 18.4 Å². The zero-order valence-corrected chi connectivity index (χ0v) is 14.5. The van der Waals surface area contributed by atoms with Crippen LogP contribution in [0.4, 0.5) is 20.6 Å². The summed E-state index contributed by atoms with van der Waals surface area (Å²) in [5.41, 5.74) is 1.90. The number of hydrogen-bond acceptors (Lipinski definition) is 3. The number of urea groups is 1. The number of benzene rings is 2. The highest BCUT2D eigenvalue weighted by molar-refractivity contribution is 5.97. The largest absolute Gasteiger partial charge is 0.324 e. The first-order valence-corrected chi connectivity index (χ1v) is 8.04. The molecule has 0 aliphatic heterocycles. The molecule has 7 heteroatoms. The minimum absolute atomic E-state index is 0.00748. The average molecular weight is 354 g/mol. The Balaban J connectivity index is 1.99. The van der Waals surface area contributed by atoms with E-state index in [0.29, 0.717) is 5.69 Å². The molecule has 2 aromatic carbocycles. The lowest BCUT2D eigenvalue weighted by atomic mass is 10.1. The van der Waals surface area contributed by atoms with Crippen LogP contribution in [0, 0.1) is 17.1 Å². The molecule has 0 saturated heterocycles. The number of amides is 3. The van der Waals surface area contributed by atoms with Crippen LogP contribution >= 0.6 is 0 Å². The van der Waals surface area contributed by atoms with Gasteiger partial charge in [-0.3, -0.25) is 4.79 Å². The van der Waals surface area contributed by atoms with Crippen LogP contribution in [0.5, 0.6) is 0 Å². The van der Waals surface area contributed by atoms with E-state index in [0.717, 1.165) is 24.1 Å². The molecular weight excluding hydrogens is 335 g/mol. The first-order valence-electron chi connectivity index (χ1n) is 8.04. The van der Waals surface area contributed by atoms with E-state index in [1.54, 1.807) is 6.07 Å². The van der Waals surface area contributed by atoms with Crippen LogP contribution in [0.25, 0.3) is 0 Å². The summed E-state index contributed by atoms with van der Waals surface area (Å²) in [7, 11) is 1.45. The van der Waals surface area contributed by atoms with E-state index in [4.69, 9.17) is 5.26 Å². The molecule has 0 fully saturated rings. The maximum Gasteiger partial charge on any atom is 0.322 e. The number of rotatable bonds is 5. The number of nitriles is 1. The van der Waals surface area contributed by atoms with Crippen molar-refractivity contribution in [1.29, 1.82) is 5.26 Å². The van der Waals surface area contributed by atoms with Gasteiger partial charge in [0, 0.05) is 12.7 Å². The van der Waals surface area contributed by atoms with Gasteiger partial charge in [-0.05, 0) is 36.2 Å². The molecular formula is C19H19FN4O2. The standard InChI is InChI=1S/C19H19FN4O2/c1-3-13-6-4-5-7-16(13)22-18(25)12-24(2)19(26)23-17-9-8-15(20)10-14(17)11-21/h4-10H,3,12H2,1-2H3,(H,22,25)(H,23,26). The van der Waals surface area contributed by atoms with Gasteiger partial charge in [0.25, 0.3) is 0 Å². The molecule has 0 radical (unpaired) electrons. The monoisotopic (exact) mass is 354 g/mol. The number of para-hydroxylation sites is 1. The lowest BCUT2D eigenvalue weighted by molar-refractivity contribution is -0.116. The summed E-state index contributed by atoms with van der Waals surface area (Å²) in [4.78, 5) is 25.6. The van der Waals surface area contributed by atoms with Crippen LogP contribution in [0.2, 0.25) is 0 Å². The molecule has 2 N–H and O–H groups in total. The summed E-state index contributed by atoms with van der Waals surface area (Å²) in [6, 6.07) is 12.2. The zero-order chi connectivity index (χ0) is 19.1. The van der Waals surface area contributed by atoms with E-state index >= 15 is 0 Å². The number of aryl methyl sites for hydroxylation is 1. The summed E-state index contributed by atoms with van der Waals surface area (Å²) in [5, 5.41) is 14.3. The predicted octanol–water partition coefficient (Wildman–Crippen LogP) is 3.36. The van der Waals surface area contributed by atoms with Crippen molar-refractivity contribution in [3.05, 3.63) is 59.4 Å². The second-order valence-corrected chi connectivity index (χ2v) is 5.65. The van der Waals surface area contributed by atoms with Crippen molar-refractivity contribution in [3.63, 3.8) is 0 Å². The Morgan fingerprint density at radius 1 is 1.15 bits per heavy atom. The number of anilines is 2. The van der Waals surface area contributed by atoms with Gasteiger partial charge in [0.05, 0.1) is 11.3 Å². The van der Waals surface area contributed by atoms with Crippen LogP contribution in [0.3, 0.4) is 0 Å². The Morgan fingerprint density at radius 2 is 1.88 bits per heavy atom. The number of halogens is 1. The van der Waals surface area contributed by atoms with E-state index in [1.165, 1.54) is 18.0 Å². The number of nitrogens with one attached hydrogen (secondary N) is 2. The fourth-order valence-electron chi connectivity index (χ4n) is 2.36. The predicted molar refractivity (Wildman–Crippen MR) is 97.2 cm³/mol. The fourth-order valence-corrected chi connectivity index (χ4v) is 2.36. The van der Waals surface area contributed by atoms with Crippen LogP contribution in [0.15, 0.2) is 42.5 Å². The molecule has 2 rings (SSSR count). The van der Waals surface area contributed by atoms with Gasteiger partial charge >= 0.3 is 6.03 Å². The van der Waals surface area contributed by atoms with Crippen molar-refractivity contribution in [3.8, 4) is 6.07 Å². The summed E-state index contributed by atoms with van der Waals surface area (Å²) >= 11 is 0. The smallest absolute Gasteiger partial charge is 0.322 e. The normalized spacial score (nSPS) is 9.92. The first-order chi connectivity index (χ1) is 12.4. The highest BCUT2D eigenvalue weighted by Crippen LogP contribution is 2.17. The summed E-state index contributed by atoms with van der Waals surface area (Å²) < 4.78 is 13.1. The molecule has 0 atom stereocenters. The number of carbonyl (C=O) groups is 2. The maximum absolute atomic E-state index is 13.1. The Hall–Kier alpha value is -3.40. The van der Waals surface area contributed by atoms with Gasteiger partial charge in [-0.1, -0.05) is 25.1 Å². The molecule has 0 spiro atoms. The third-order valence-corrected chi connectivity index (χ3v) is 3.74. The van der Waals surface area contributed by atoms with E-state index in [-0.39, 0.29) is 23.7 Å². The minimum atomic E-state index is -0.577. The quantitative estimate of drug-likeness (QED) is 0.863. The minimum Gasteiger partial charge on any atom is -0.324 e. The molecule has 26 heavy (non-hydrogen) atoms. The van der Waals surface area contributed by atoms with Gasteiger partial charge in [-0.15, -0.1) is 0 Å². The zero-order valence-electron chi connectivity index (χ0n) is 14.5. The van der Waals surface area contributed by atoms with Crippen molar-refractivity contribution in [2.24, 2.45) is 0 Å². The van der Waals surface area contributed by atoms with Gasteiger partial charge in [0.15, 0.2) is 0 Å². The van der Waals surface area contributed by atoms with E-state index in [9.17, 15) is 14.0 Å². The summed E-state index contributed by atoms with van der Waals surface area (Å²) in [6.07, 6.45) is 0.772. The molecule has 2 aromatic rings. The van der Waals surface area contributed by atoms with Crippen molar-refractivity contribution in [2.75, 3.05) is 24.2 Å². The molecule has 0 aliphatic carbocycles. The highest BCUT2D eigenvalue weighted by Gasteiger charge is 2.15. The molecule has 0 aliphatic rings. The van der Waals surface area contributed by atoms with Gasteiger partial charge in [0.2, 0.25) is 5.91 Å². The topological polar surface area (TPSA) is 85.2 Å². The van der Waals surface area contributed by atoms with Crippen molar-refractivity contribution in [1.82, 2.24) is 4.90 Å². The van der Waals surface area contributed by atoms with Gasteiger partial charge in [-0.2, -0.15) is 5.26 Å². The number of likely N-dealkylation sites (N-methyl/N-ethyl adjacent to an activating group) is 1. The van der Waals surface area contributed by atoms with Crippen LogP contribution in [0.1, 0.15) is 18.1 Å². The van der Waals surface area contributed by atoms with E-state index in [2.05, 4.69) is 10.6 Å². The van der Waals surface area contributed by atoms with E-state index < -0.39 is 11.8 Å². The Kier molecular flexibility index (Phi) is 6.28. The van der Waals surface area contributed by atoms with Crippen molar-refractivity contribution < 1.29 is 14.0 Å². The van der Waals surface area contributed by atoms with Gasteiger partial charge < -0.3 is 15.5 Å². The van der Waals surface area contributed by atoms with Crippen molar-refractivity contribution >= 4 is 23.3 Å². The molecule has 0 saturated carbocycles. The van der Waals surface area contributed by atoms with Crippen LogP contribution < -0.4 is 10.6 Å². The number of nitrogens with zero attached hydrogens (tertiary/aromatic N) is 2. The molecule has 134 valence electrons. The third kappa shape index (κ3) is 4.80. The SMILES string of the molecule is CCc1ccccc1NC(=O)CN(C)C(=O)Nc1ccc(F)cc1C#N. The Morgan fingerprint density at radius 3 is 2.58 bits per heavy atom. The molecule has 0 unspecified atom stereocenters. The molecule has 3 amide bonds. The number of carbonyl (C=O) groups excluding carboxylic acids is 2. The van der Waals surface area contributed by atoms with Crippen molar-refractivity contribution in [2.45, 2.75) is 13.3 Å². The molecule has 6 nitrogen and oxygen atoms in total. The second-order valence-electron chi connectivity index (χ2n) is 5.65. The maximum atomic E-state index is 13.1. The summed E-state index contributed by atoms with van der Waals surface area (Å²) in [6.45, 7) is 1.81. The molecule has 0 bridgehead atoms. The number of hydrogen-bond donors (Lipinski definition) is 2. The highest BCUT2D eigenvalue weighted by atomic mass is 19.1. The lowest BCUT2D eigenvalue weighted by Crippen LogP contribution is -2.37. The summed E-state index contributed by atoms with van der Waals surface area (Å²) in [5.74, 6) is -0.912. The lowest BCUT2D eigenvalue weighted by Gasteiger charge is -2.18. The Bertz CT molecular complexity index is 861. The molecule has 0 heterocycles. The van der Waals surface area contributed by atoms with Gasteiger partial charge in [-0.25, -0.2) is 9.18 Å². The third-order valence-electron chi connectivity index (χ3n) is 3.74. The fraction of sp³-hybridized carbons (Fsp3) is 0.211. The average Bonchev–Trinajstić information content (AvgIpc) is 2.63. The second kappa shape index (κ2) is 8.62. The van der Waals surface area contributed by atoms with Crippen LogP contribution in [-0.2, 0) is 11.2 Å². The molecule has 0 aromatic heterocycles. The van der Waals surface area contributed by atoms with E-state index in [1.807, 2.05) is 31.2 Å².